The molecular formula is C59H101NO7. The van der Waals surface area contributed by atoms with Crippen LogP contribution < -0.4 is 5.11 Å². The van der Waals surface area contributed by atoms with Gasteiger partial charge in [-0.2, -0.15) is 0 Å². The van der Waals surface area contributed by atoms with E-state index >= 15 is 0 Å². The summed E-state index contributed by atoms with van der Waals surface area (Å²) in [5, 5.41) is 11.7. The summed E-state index contributed by atoms with van der Waals surface area (Å²) < 4.78 is 17.2. The number of carbonyl (C=O) groups is 3. The van der Waals surface area contributed by atoms with Gasteiger partial charge in [-0.1, -0.05) is 195 Å². The molecule has 0 aliphatic rings. The zero-order valence-electron chi connectivity index (χ0n) is 43.8. The van der Waals surface area contributed by atoms with Crippen molar-refractivity contribution in [3.8, 4) is 0 Å². The number of unbranched alkanes of at least 4 members (excludes halogenated alkanes) is 20. The number of ether oxygens (including phenoxy) is 3. The summed E-state index contributed by atoms with van der Waals surface area (Å²) in [6.45, 7) is 4.52. The maximum atomic E-state index is 12.8. The van der Waals surface area contributed by atoms with Crippen LogP contribution >= 0.6 is 0 Å². The molecule has 0 spiro atoms. The lowest BCUT2D eigenvalue weighted by molar-refractivity contribution is -0.889. The molecule has 0 bridgehead atoms. The van der Waals surface area contributed by atoms with Gasteiger partial charge >= 0.3 is 11.9 Å². The number of carbonyl (C=O) groups excluding carboxylic acids is 3. The van der Waals surface area contributed by atoms with Crippen molar-refractivity contribution in [1.82, 2.24) is 0 Å². The molecule has 0 amide bonds. The Morgan fingerprint density at radius 3 is 1.24 bits per heavy atom. The topological polar surface area (TPSA) is 102 Å². The van der Waals surface area contributed by atoms with Crippen LogP contribution in [0.5, 0.6) is 0 Å². The second-order valence-electron chi connectivity index (χ2n) is 19.1. The zero-order chi connectivity index (χ0) is 49.2. The Hall–Kier alpha value is -3.49. The zero-order valence-corrected chi connectivity index (χ0v) is 43.8. The molecule has 0 aliphatic carbocycles. The number of aliphatic carboxylic acids is 1. The molecule has 0 rings (SSSR count). The van der Waals surface area contributed by atoms with Crippen molar-refractivity contribution in [3.05, 3.63) is 85.1 Å². The number of hydrogen-bond donors (Lipinski definition) is 0. The molecule has 67 heavy (non-hydrogen) atoms. The SMILES string of the molecule is CC/C=C/C/C=C/C/C=C/C/C=C/C/C=C/CCCCCCC(=O)OCC(COCCC(C(=O)[O-])[N+](C)(C)C)OC(=O)CCCCCCCCC/C=C/C/C=C/CCCCCCCCCCC. The number of rotatable bonds is 48. The highest BCUT2D eigenvalue weighted by Crippen LogP contribution is 2.14. The number of carboxylic acids is 1. The van der Waals surface area contributed by atoms with E-state index < -0.39 is 18.1 Å². The highest BCUT2D eigenvalue weighted by atomic mass is 16.6. The fourth-order valence-corrected chi connectivity index (χ4v) is 7.60. The Balaban J connectivity index is 4.29. The predicted octanol–water partition coefficient (Wildman–Crippen LogP) is 14.7. The van der Waals surface area contributed by atoms with Crippen molar-refractivity contribution in [2.45, 2.75) is 231 Å². The van der Waals surface area contributed by atoms with Crippen LogP contribution in [0, 0.1) is 0 Å². The third-order valence-electron chi connectivity index (χ3n) is 11.8. The van der Waals surface area contributed by atoms with Crippen molar-refractivity contribution in [2.24, 2.45) is 0 Å². The third kappa shape index (κ3) is 47.4. The summed E-state index contributed by atoms with van der Waals surface area (Å²) in [6, 6.07) is -0.737. The second-order valence-corrected chi connectivity index (χ2v) is 19.1. The third-order valence-corrected chi connectivity index (χ3v) is 11.8. The van der Waals surface area contributed by atoms with Crippen LogP contribution in [0.4, 0.5) is 0 Å². The van der Waals surface area contributed by atoms with Crippen LogP contribution in [0.2, 0.25) is 0 Å². The molecular weight excluding hydrogens is 835 g/mol. The first-order valence-corrected chi connectivity index (χ1v) is 27.1. The molecule has 2 unspecified atom stereocenters. The molecule has 0 aromatic rings. The summed E-state index contributed by atoms with van der Waals surface area (Å²) in [6.07, 6.45) is 64.7. The lowest BCUT2D eigenvalue weighted by atomic mass is 10.1. The maximum absolute atomic E-state index is 12.8. The van der Waals surface area contributed by atoms with Crippen molar-refractivity contribution >= 4 is 17.9 Å². The van der Waals surface area contributed by atoms with Crippen LogP contribution in [0.1, 0.15) is 219 Å². The smallest absolute Gasteiger partial charge is 0.306 e. The first kappa shape index (κ1) is 63.5. The number of likely N-dealkylation sites (N-methyl/N-ethyl adjacent to an activating group) is 1. The number of quaternary nitrogens is 1. The minimum absolute atomic E-state index is 0.0248. The number of hydrogen-bond acceptors (Lipinski definition) is 7. The van der Waals surface area contributed by atoms with Gasteiger partial charge in [0.05, 0.1) is 40.3 Å². The van der Waals surface area contributed by atoms with Gasteiger partial charge in [0.25, 0.3) is 0 Å². The van der Waals surface area contributed by atoms with Crippen molar-refractivity contribution < 1.29 is 38.2 Å². The Labute approximate surface area is 412 Å². The number of allylic oxidation sites excluding steroid dienone is 14. The molecule has 0 aromatic carbocycles. The van der Waals surface area contributed by atoms with Gasteiger partial charge in [0.2, 0.25) is 0 Å². The van der Waals surface area contributed by atoms with E-state index in [0.29, 0.717) is 12.8 Å². The van der Waals surface area contributed by atoms with E-state index in [2.05, 4.69) is 98.9 Å². The molecule has 8 heteroatoms. The van der Waals surface area contributed by atoms with Crippen LogP contribution in [0.15, 0.2) is 85.1 Å². The highest BCUT2D eigenvalue weighted by Gasteiger charge is 2.25. The fraction of sp³-hybridized carbons (Fsp3) is 0.712. The van der Waals surface area contributed by atoms with Crippen LogP contribution in [-0.2, 0) is 28.6 Å². The lowest BCUT2D eigenvalue weighted by Crippen LogP contribution is -2.55. The summed E-state index contributed by atoms with van der Waals surface area (Å²) in [7, 11) is 5.40. The molecule has 0 saturated heterocycles. The Kier molecular flexibility index (Phi) is 46.4. The van der Waals surface area contributed by atoms with Gasteiger partial charge in [0.1, 0.15) is 12.6 Å². The van der Waals surface area contributed by atoms with E-state index in [9.17, 15) is 19.5 Å². The molecule has 0 saturated carbocycles. The molecule has 384 valence electrons. The fourth-order valence-electron chi connectivity index (χ4n) is 7.60. The van der Waals surface area contributed by atoms with Gasteiger partial charge in [-0.25, -0.2) is 0 Å². The minimum Gasteiger partial charge on any atom is -0.544 e. The van der Waals surface area contributed by atoms with E-state index in [1.54, 1.807) is 21.1 Å². The Morgan fingerprint density at radius 1 is 0.463 bits per heavy atom. The molecule has 2 atom stereocenters. The van der Waals surface area contributed by atoms with Gasteiger partial charge in [-0.15, -0.1) is 0 Å². The van der Waals surface area contributed by atoms with E-state index in [4.69, 9.17) is 14.2 Å². The largest absolute Gasteiger partial charge is 0.544 e. The minimum atomic E-state index is -1.13. The van der Waals surface area contributed by atoms with Crippen molar-refractivity contribution in [2.75, 3.05) is 41.0 Å². The highest BCUT2D eigenvalue weighted by molar-refractivity contribution is 5.70. The predicted molar refractivity (Wildman–Crippen MR) is 282 cm³/mol. The first-order valence-electron chi connectivity index (χ1n) is 27.1. The van der Waals surface area contributed by atoms with Crippen LogP contribution in [0.3, 0.4) is 0 Å². The molecule has 0 aliphatic heterocycles. The van der Waals surface area contributed by atoms with Crippen LogP contribution in [-0.4, -0.2) is 75.5 Å². The number of nitrogens with zero attached hydrogens (tertiary/aromatic N) is 1. The molecule has 0 N–H and O–H groups in total. The molecule has 0 aromatic heterocycles. The van der Waals surface area contributed by atoms with E-state index in [0.717, 1.165) is 103 Å². The van der Waals surface area contributed by atoms with Gasteiger partial charge in [-0.05, 0) is 89.9 Å². The average Bonchev–Trinajstić information content (AvgIpc) is 3.29. The maximum Gasteiger partial charge on any atom is 0.306 e. The summed E-state index contributed by atoms with van der Waals surface area (Å²) in [5.74, 6) is -1.78. The van der Waals surface area contributed by atoms with Crippen LogP contribution in [0.25, 0.3) is 0 Å². The van der Waals surface area contributed by atoms with Crippen molar-refractivity contribution in [3.63, 3.8) is 0 Å². The second kappa shape index (κ2) is 48.9. The monoisotopic (exact) mass is 936 g/mol. The quantitative estimate of drug-likeness (QED) is 0.0259. The van der Waals surface area contributed by atoms with E-state index in [1.165, 1.54) is 83.5 Å². The van der Waals surface area contributed by atoms with Gasteiger partial charge in [-0.3, -0.25) is 9.59 Å². The first-order chi connectivity index (χ1) is 32.6. The molecule has 0 radical (unpaired) electrons. The molecule has 8 nitrogen and oxygen atoms in total. The van der Waals surface area contributed by atoms with Crippen molar-refractivity contribution in [1.29, 1.82) is 0 Å². The summed E-state index contributed by atoms with van der Waals surface area (Å²) in [5.41, 5.74) is 0. The Bertz CT molecular complexity index is 1370. The standard InChI is InChI=1S/C59H101NO7/c1-6-8-10-12-14-16-18-20-22-24-26-28-29-30-32-34-36-38-40-42-44-46-48-50-58(62)67-55(53-65-52-51-56(59(63)64)60(3,4)5)54-66-57(61)49-47-45-43-41-39-37-35-33-31-27-25-23-21-19-17-15-13-11-9-7-2/h9,11,15,17,21,23,26-28,30-32,35,37,55-56H,6-8,10,12-14,16,18-20,22,24-25,29,33-34,36,38-54H2,1-5H3/b11-9+,17-15+,23-21+,28-26+,31-27+,32-30+,37-35+. The van der Waals surface area contributed by atoms with Gasteiger partial charge in [0.15, 0.2) is 6.10 Å². The van der Waals surface area contributed by atoms with Gasteiger partial charge in [0, 0.05) is 19.3 Å². The van der Waals surface area contributed by atoms with Gasteiger partial charge < -0.3 is 28.6 Å². The summed E-state index contributed by atoms with van der Waals surface area (Å²) >= 11 is 0. The molecule has 0 heterocycles. The number of esters is 2. The average molecular weight is 936 g/mol. The van der Waals surface area contributed by atoms with E-state index in [1.807, 2.05) is 0 Å². The summed E-state index contributed by atoms with van der Waals surface area (Å²) in [4.78, 5) is 37.1. The molecule has 0 fully saturated rings. The number of carboxylic acid groups (broad SMARTS) is 1. The van der Waals surface area contributed by atoms with E-state index in [-0.39, 0.29) is 42.7 Å². The Morgan fingerprint density at radius 2 is 0.836 bits per heavy atom. The lowest BCUT2D eigenvalue weighted by Gasteiger charge is -2.34. The normalized spacial score (nSPS) is 13.5.